The maximum Gasteiger partial charge on any atom is 0.323 e. The number of carboxylic acid groups (broad SMARTS) is 1. The summed E-state index contributed by atoms with van der Waals surface area (Å²) in [6, 6.07) is 6.61. The van der Waals surface area contributed by atoms with E-state index < -0.39 is 11.5 Å². The molecule has 2 N–H and O–H groups in total. The third-order valence-corrected chi connectivity index (χ3v) is 3.48. The highest BCUT2D eigenvalue weighted by Crippen LogP contribution is 2.33. The summed E-state index contributed by atoms with van der Waals surface area (Å²) in [6.45, 7) is 2.25. The van der Waals surface area contributed by atoms with Gasteiger partial charge in [-0.3, -0.25) is 4.79 Å². The molecule has 0 radical (unpaired) electrons. The van der Waals surface area contributed by atoms with Gasteiger partial charge in [0.05, 0.1) is 0 Å². The zero-order chi connectivity index (χ0) is 12.5. The van der Waals surface area contributed by atoms with Gasteiger partial charge in [-0.2, -0.15) is 0 Å². The van der Waals surface area contributed by atoms with Crippen molar-refractivity contribution in [3.63, 3.8) is 0 Å². The lowest BCUT2D eigenvalue weighted by atomic mass is 9.79. The van der Waals surface area contributed by atoms with E-state index in [1.165, 1.54) is 6.07 Å². The number of benzene rings is 1. The minimum atomic E-state index is -0.953. The topological polar surface area (TPSA) is 49.3 Å². The molecule has 0 aliphatic carbocycles. The number of hydrogen-bond donors (Lipinski definition) is 2. The Morgan fingerprint density at radius 2 is 2.24 bits per heavy atom. The number of hydrogen-bond acceptors (Lipinski definition) is 2. The van der Waals surface area contributed by atoms with Gasteiger partial charge in [-0.05, 0) is 43.9 Å². The molecule has 1 saturated heterocycles. The van der Waals surface area contributed by atoms with Crippen LogP contribution in [0.2, 0.25) is 0 Å². The van der Waals surface area contributed by atoms with Crippen LogP contribution in [0.1, 0.15) is 31.2 Å². The lowest BCUT2D eigenvalue weighted by Crippen LogP contribution is -2.54. The molecule has 0 spiro atoms. The number of nitrogens with one attached hydrogen (secondary N) is 1. The lowest BCUT2D eigenvalue weighted by Gasteiger charge is -2.36. The van der Waals surface area contributed by atoms with Crippen LogP contribution in [0.15, 0.2) is 24.3 Å². The van der Waals surface area contributed by atoms with Crippen molar-refractivity contribution in [1.82, 2.24) is 5.32 Å². The fraction of sp³-hybridized carbons (Fsp3) is 0.462. The molecule has 0 amide bonds. The highest BCUT2D eigenvalue weighted by molar-refractivity contribution is 5.78. The Bertz CT molecular complexity index is 435. The molecule has 2 unspecified atom stereocenters. The second-order valence-corrected chi connectivity index (χ2v) is 4.78. The van der Waals surface area contributed by atoms with Crippen LogP contribution in [0.25, 0.3) is 0 Å². The van der Waals surface area contributed by atoms with E-state index in [1.807, 2.05) is 0 Å². The first-order chi connectivity index (χ1) is 8.03. The maximum atomic E-state index is 13.7. The summed E-state index contributed by atoms with van der Waals surface area (Å²) in [7, 11) is 0. The van der Waals surface area contributed by atoms with Gasteiger partial charge in [-0.15, -0.1) is 0 Å². The van der Waals surface area contributed by atoms with Gasteiger partial charge in [0.25, 0.3) is 0 Å². The van der Waals surface area contributed by atoms with Crippen molar-refractivity contribution in [3.8, 4) is 0 Å². The maximum absolute atomic E-state index is 13.7. The molecule has 1 aliphatic heterocycles. The van der Waals surface area contributed by atoms with E-state index in [4.69, 9.17) is 0 Å². The van der Waals surface area contributed by atoms with Gasteiger partial charge < -0.3 is 10.4 Å². The van der Waals surface area contributed by atoms with E-state index in [2.05, 4.69) is 5.32 Å². The molecule has 1 aromatic carbocycles. The van der Waals surface area contributed by atoms with Crippen molar-refractivity contribution in [3.05, 3.63) is 35.6 Å². The average Bonchev–Trinajstić information content (AvgIpc) is 2.29. The molecule has 2 atom stereocenters. The molecule has 0 bridgehead atoms. The summed E-state index contributed by atoms with van der Waals surface area (Å²) >= 11 is 0. The monoisotopic (exact) mass is 237 g/mol. The number of aliphatic carboxylic acids is 1. The summed E-state index contributed by atoms with van der Waals surface area (Å²) in [4.78, 5) is 11.2. The van der Waals surface area contributed by atoms with Gasteiger partial charge in [-0.1, -0.05) is 18.2 Å². The van der Waals surface area contributed by atoms with Gasteiger partial charge in [-0.25, -0.2) is 4.39 Å². The Morgan fingerprint density at radius 3 is 2.88 bits per heavy atom. The van der Waals surface area contributed by atoms with Crippen LogP contribution >= 0.6 is 0 Å². The van der Waals surface area contributed by atoms with Gasteiger partial charge >= 0.3 is 5.97 Å². The molecule has 1 aromatic rings. The first-order valence-electron chi connectivity index (χ1n) is 5.76. The number of piperidine rings is 1. The fourth-order valence-electron chi connectivity index (χ4n) is 2.42. The van der Waals surface area contributed by atoms with E-state index in [-0.39, 0.29) is 11.7 Å². The van der Waals surface area contributed by atoms with Crippen LogP contribution in [-0.4, -0.2) is 23.2 Å². The summed E-state index contributed by atoms with van der Waals surface area (Å²) in [5.41, 5.74) is -0.327. The van der Waals surface area contributed by atoms with Crippen LogP contribution in [0.5, 0.6) is 0 Å². The van der Waals surface area contributed by atoms with Crippen LogP contribution in [-0.2, 0) is 4.79 Å². The Hall–Kier alpha value is -1.42. The Balaban J connectivity index is 2.24. The van der Waals surface area contributed by atoms with Crippen molar-refractivity contribution in [2.45, 2.75) is 31.2 Å². The Labute approximate surface area is 99.7 Å². The minimum absolute atomic E-state index is 0.0291. The Morgan fingerprint density at radius 1 is 1.53 bits per heavy atom. The third kappa shape index (κ3) is 2.31. The molecule has 1 aliphatic rings. The van der Waals surface area contributed by atoms with E-state index in [0.29, 0.717) is 18.5 Å². The zero-order valence-corrected chi connectivity index (χ0v) is 9.74. The predicted molar refractivity (Wildman–Crippen MR) is 62.4 cm³/mol. The predicted octanol–water partition coefficient (Wildman–Crippen LogP) is 2.14. The second-order valence-electron chi connectivity index (χ2n) is 4.78. The summed E-state index contributed by atoms with van der Waals surface area (Å²) in [5, 5.41) is 12.2. The molecule has 1 fully saturated rings. The molecular formula is C13H16FNO2. The quantitative estimate of drug-likeness (QED) is 0.828. The molecule has 0 aromatic heterocycles. The van der Waals surface area contributed by atoms with Crippen LogP contribution < -0.4 is 5.32 Å². The number of carbonyl (C=O) groups is 1. The summed E-state index contributed by atoms with van der Waals surface area (Å²) in [6.07, 6.45) is 1.19. The largest absolute Gasteiger partial charge is 0.480 e. The molecule has 3 nitrogen and oxygen atoms in total. The highest BCUT2D eigenvalue weighted by Gasteiger charge is 2.39. The molecule has 0 saturated carbocycles. The second kappa shape index (κ2) is 4.45. The first-order valence-corrected chi connectivity index (χ1v) is 5.76. The van der Waals surface area contributed by atoms with Crippen molar-refractivity contribution < 1.29 is 14.3 Å². The number of halogens is 1. The van der Waals surface area contributed by atoms with Gasteiger partial charge in [0.2, 0.25) is 0 Å². The van der Waals surface area contributed by atoms with E-state index in [1.54, 1.807) is 25.1 Å². The normalized spacial score (nSPS) is 28.9. The van der Waals surface area contributed by atoms with Gasteiger partial charge in [0, 0.05) is 0 Å². The first kappa shape index (κ1) is 12.0. The number of rotatable bonds is 2. The fourth-order valence-corrected chi connectivity index (χ4v) is 2.42. The van der Waals surface area contributed by atoms with Gasteiger partial charge in [0.15, 0.2) is 0 Å². The summed E-state index contributed by atoms with van der Waals surface area (Å²) < 4.78 is 13.7. The molecule has 4 heteroatoms. The van der Waals surface area contributed by atoms with Crippen molar-refractivity contribution >= 4 is 5.97 Å². The van der Waals surface area contributed by atoms with E-state index in [9.17, 15) is 14.3 Å². The molecule has 2 rings (SSSR count). The average molecular weight is 237 g/mol. The lowest BCUT2D eigenvalue weighted by molar-refractivity contribution is -0.145. The standard InChI is InChI=1S/C13H16FNO2/c1-13(12(16)17)8-9(6-7-15-13)10-4-2-3-5-11(10)14/h2-5,9,15H,6-8H2,1H3,(H,16,17). The van der Waals surface area contributed by atoms with E-state index in [0.717, 1.165) is 6.42 Å². The highest BCUT2D eigenvalue weighted by atomic mass is 19.1. The van der Waals surface area contributed by atoms with Crippen LogP contribution in [0, 0.1) is 5.82 Å². The van der Waals surface area contributed by atoms with Crippen molar-refractivity contribution in [2.75, 3.05) is 6.54 Å². The van der Waals surface area contributed by atoms with Crippen molar-refractivity contribution in [1.29, 1.82) is 0 Å². The van der Waals surface area contributed by atoms with Crippen LogP contribution in [0.3, 0.4) is 0 Å². The van der Waals surface area contributed by atoms with Crippen LogP contribution in [0.4, 0.5) is 4.39 Å². The SMILES string of the molecule is CC1(C(=O)O)CC(c2ccccc2F)CCN1. The zero-order valence-electron chi connectivity index (χ0n) is 9.74. The number of carboxylic acids is 1. The van der Waals surface area contributed by atoms with E-state index >= 15 is 0 Å². The summed E-state index contributed by atoms with van der Waals surface area (Å²) in [5.74, 6) is -1.15. The Kier molecular flexibility index (Phi) is 3.15. The molecule has 17 heavy (non-hydrogen) atoms. The molecule has 92 valence electrons. The molecule has 1 heterocycles. The minimum Gasteiger partial charge on any atom is -0.480 e. The van der Waals surface area contributed by atoms with Gasteiger partial charge in [0.1, 0.15) is 11.4 Å². The molecular weight excluding hydrogens is 221 g/mol. The third-order valence-electron chi connectivity index (χ3n) is 3.48. The smallest absolute Gasteiger partial charge is 0.323 e. The van der Waals surface area contributed by atoms with Crippen molar-refractivity contribution in [2.24, 2.45) is 0 Å².